The van der Waals surface area contributed by atoms with Crippen LogP contribution in [0.3, 0.4) is 0 Å². The SMILES string of the molecule is CN(CC(=O)Cc1cccc(F)c1)c1nc(-c2cc(OCC(C)(C)O)ccn2)nc2c1CCC2. The lowest BCUT2D eigenvalue weighted by Crippen LogP contribution is -2.29. The van der Waals surface area contributed by atoms with E-state index >= 15 is 0 Å². The molecule has 0 radical (unpaired) electrons. The number of aliphatic hydroxyl groups is 1. The molecule has 1 aromatic carbocycles. The summed E-state index contributed by atoms with van der Waals surface area (Å²) in [5.74, 6) is 1.37. The van der Waals surface area contributed by atoms with Gasteiger partial charge in [-0.2, -0.15) is 0 Å². The molecule has 0 fully saturated rings. The van der Waals surface area contributed by atoms with Gasteiger partial charge >= 0.3 is 0 Å². The third-order valence-electron chi connectivity index (χ3n) is 5.53. The first kappa shape index (κ1) is 23.8. The fraction of sp³-hybridized carbons (Fsp3) is 0.385. The maximum absolute atomic E-state index is 13.5. The molecule has 1 aliphatic carbocycles. The molecule has 1 aliphatic rings. The van der Waals surface area contributed by atoms with E-state index in [1.54, 1.807) is 44.3 Å². The molecule has 0 saturated carbocycles. The van der Waals surface area contributed by atoms with Crippen LogP contribution in [-0.2, 0) is 24.1 Å². The van der Waals surface area contributed by atoms with E-state index in [0.717, 1.165) is 36.3 Å². The number of likely N-dealkylation sites (N-methyl/N-ethyl adjacent to an activating group) is 1. The lowest BCUT2D eigenvalue weighted by Gasteiger charge is -2.21. The number of aromatic nitrogens is 3. The molecule has 4 rings (SSSR count). The van der Waals surface area contributed by atoms with Crippen LogP contribution in [-0.4, -0.2) is 51.6 Å². The zero-order valence-electron chi connectivity index (χ0n) is 19.7. The van der Waals surface area contributed by atoms with Crippen molar-refractivity contribution < 1.29 is 19.0 Å². The highest BCUT2D eigenvalue weighted by atomic mass is 19.1. The second-order valence-electron chi connectivity index (χ2n) is 9.33. The van der Waals surface area contributed by atoms with Crippen LogP contribution < -0.4 is 9.64 Å². The number of rotatable bonds is 9. The molecule has 8 heteroatoms. The third-order valence-corrected chi connectivity index (χ3v) is 5.53. The smallest absolute Gasteiger partial charge is 0.180 e. The molecule has 3 aromatic rings. The van der Waals surface area contributed by atoms with Crippen LogP contribution in [0, 0.1) is 5.82 Å². The molecular formula is C26H29FN4O3. The Morgan fingerprint density at radius 1 is 1.21 bits per heavy atom. The van der Waals surface area contributed by atoms with Gasteiger partial charge in [0, 0.05) is 37.0 Å². The Labute approximate surface area is 198 Å². The number of nitrogens with zero attached hydrogens (tertiary/aromatic N) is 4. The van der Waals surface area contributed by atoms with Gasteiger partial charge in [-0.05, 0) is 56.9 Å². The fourth-order valence-corrected chi connectivity index (χ4v) is 4.00. The number of hydrogen-bond acceptors (Lipinski definition) is 7. The van der Waals surface area contributed by atoms with Crippen LogP contribution in [0.5, 0.6) is 5.75 Å². The van der Waals surface area contributed by atoms with Crippen molar-refractivity contribution in [2.45, 2.75) is 45.1 Å². The molecule has 0 bridgehead atoms. The average Bonchev–Trinajstić information content (AvgIpc) is 3.25. The Bertz CT molecular complexity index is 1190. The summed E-state index contributed by atoms with van der Waals surface area (Å²) in [6.45, 7) is 3.65. The first-order valence-electron chi connectivity index (χ1n) is 11.4. The van der Waals surface area contributed by atoms with Gasteiger partial charge in [0.1, 0.15) is 29.7 Å². The first-order valence-corrected chi connectivity index (χ1v) is 11.4. The van der Waals surface area contributed by atoms with Crippen LogP contribution in [0.25, 0.3) is 11.5 Å². The van der Waals surface area contributed by atoms with Crippen LogP contribution in [0.1, 0.15) is 37.1 Å². The molecule has 0 aliphatic heterocycles. The number of Topliss-reactive ketones (excluding diaryl/α,β-unsaturated/α-hetero) is 1. The van der Waals surface area contributed by atoms with E-state index in [4.69, 9.17) is 14.7 Å². The number of pyridine rings is 1. The highest BCUT2D eigenvalue weighted by Crippen LogP contribution is 2.31. The predicted molar refractivity (Wildman–Crippen MR) is 127 cm³/mol. The van der Waals surface area contributed by atoms with Gasteiger partial charge in [0.2, 0.25) is 0 Å². The molecule has 0 atom stereocenters. The molecule has 7 nitrogen and oxygen atoms in total. The predicted octanol–water partition coefficient (Wildman–Crippen LogP) is 3.56. The number of carbonyl (C=O) groups is 1. The van der Waals surface area contributed by atoms with E-state index in [2.05, 4.69) is 4.98 Å². The van der Waals surface area contributed by atoms with Crippen molar-refractivity contribution >= 4 is 11.6 Å². The number of halogens is 1. The molecule has 0 spiro atoms. The number of hydrogen-bond donors (Lipinski definition) is 1. The van der Waals surface area contributed by atoms with Gasteiger partial charge < -0.3 is 14.7 Å². The van der Waals surface area contributed by atoms with Crippen molar-refractivity contribution in [3.05, 3.63) is 65.2 Å². The van der Waals surface area contributed by atoms with E-state index in [-0.39, 0.29) is 31.2 Å². The van der Waals surface area contributed by atoms with Crippen molar-refractivity contribution in [2.75, 3.05) is 25.1 Å². The van der Waals surface area contributed by atoms with Gasteiger partial charge in [0.25, 0.3) is 0 Å². The normalized spacial score (nSPS) is 13.0. The summed E-state index contributed by atoms with van der Waals surface area (Å²) >= 11 is 0. The molecule has 1 N–H and O–H groups in total. The molecule has 2 heterocycles. The third kappa shape index (κ3) is 5.94. The molecule has 0 unspecified atom stereocenters. The first-order chi connectivity index (χ1) is 16.2. The number of fused-ring (bicyclic) bond motifs is 1. The van der Waals surface area contributed by atoms with Crippen LogP contribution >= 0.6 is 0 Å². The summed E-state index contributed by atoms with van der Waals surface area (Å²) in [6, 6.07) is 9.58. The molecule has 0 amide bonds. The monoisotopic (exact) mass is 464 g/mol. The number of ketones is 1. The van der Waals surface area contributed by atoms with Gasteiger partial charge in [-0.1, -0.05) is 12.1 Å². The topological polar surface area (TPSA) is 88.4 Å². The van der Waals surface area contributed by atoms with Crippen LogP contribution in [0.2, 0.25) is 0 Å². The highest BCUT2D eigenvalue weighted by molar-refractivity contribution is 5.85. The second kappa shape index (κ2) is 9.85. The average molecular weight is 465 g/mol. The Morgan fingerprint density at radius 2 is 2.03 bits per heavy atom. The lowest BCUT2D eigenvalue weighted by atomic mass is 10.1. The van der Waals surface area contributed by atoms with Crippen molar-refractivity contribution in [3.63, 3.8) is 0 Å². The zero-order valence-corrected chi connectivity index (χ0v) is 19.7. The van der Waals surface area contributed by atoms with Gasteiger partial charge in [-0.15, -0.1) is 0 Å². The van der Waals surface area contributed by atoms with E-state index in [0.29, 0.717) is 22.8 Å². The maximum Gasteiger partial charge on any atom is 0.180 e. The minimum Gasteiger partial charge on any atom is -0.490 e. The highest BCUT2D eigenvalue weighted by Gasteiger charge is 2.24. The Kier molecular flexibility index (Phi) is 6.88. The Morgan fingerprint density at radius 3 is 2.79 bits per heavy atom. The summed E-state index contributed by atoms with van der Waals surface area (Å²) in [7, 11) is 1.84. The quantitative estimate of drug-likeness (QED) is 0.518. The minimum absolute atomic E-state index is 0.0276. The standard InChI is InChI=1S/C26H29FN4O3/c1-26(2,33)16-34-20-10-11-28-23(14-20)24-29-22-9-5-8-21(22)25(30-24)31(3)15-19(32)13-17-6-4-7-18(27)12-17/h4,6-7,10-12,14,33H,5,8-9,13,15-16H2,1-3H3. The summed E-state index contributed by atoms with van der Waals surface area (Å²) < 4.78 is 19.2. The number of benzene rings is 1. The fourth-order valence-electron chi connectivity index (χ4n) is 4.00. The van der Waals surface area contributed by atoms with Gasteiger partial charge in [-0.25, -0.2) is 14.4 Å². The van der Waals surface area contributed by atoms with E-state index < -0.39 is 5.60 Å². The minimum atomic E-state index is -0.957. The summed E-state index contributed by atoms with van der Waals surface area (Å²) in [5, 5.41) is 9.93. The van der Waals surface area contributed by atoms with Crippen LogP contribution in [0.4, 0.5) is 10.2 Å². The van der Waals surface area contributed by atoms with Crippen molar-refractivity contribution in [3.8, 4) is 17.3 Å². The molecule has 2 aromatic heterocycles. The number of aryl methyl sites for hydroxylation is 1. The van der Waals surface area contributed by atoms with Gasteiger partial charge in [-0.3, -0.25) is 9.78 Å². The van der Waals surface area contributed by atoms with Crippen LogP contribution in [0.15, 0.2) is 42.6 Å². The molecule has 34 heavy (non-hydrogen) atoms. The van der Waals surface area contributed by atoms with E-state index in [9.17, 15) is 14.3 Å². The Balaban J connectivity index is 1.56. The van der Waals surface area contributed by atoms with E-state index in [1.165, 1.54) is 12.1 Å². The van der Waals surface area contributed by atoms with Crippen molar-refractivity contribution in [1.29, 1.82) is 0 Å². The number of anilines is 1. The Hall–Kier alpha value is -3.39. The number of carbonyl (C=O) groups excluding carboxylic acids is 1. The zero-order chi connectivity index (χ0) is 24.3. The number of ether oxygens (including phenoxy) is 1. The summed E-state index contributed by atoms with van der Waals surface area (Å²) in [6.07, 6.45) is 4.46. The molecule has 178 valence electrons. The second-order valence-corrected chi connectivity index (χ2v) is 9.33. The largest absolute Gasteiger partial charge is 0.490 e. The molecular weight excluding hydrogens is 435 g/mol. The van der Waals surface area contributed by atoms with Gasteiger partial charge in [0.15, 0.2) is 11.6 Å². The molecule has 0 saturated heterocycles. The van der Waals surface area contributed by atoms with E-state index in [1.807, 2.05) is 11.9 Å². The van der Waals surface area contributed by atoms with Gasteiger partial charge in [0.05, 0.1) is 12.1 Å². The maximum atomic E-state index is 13.5. The van der Waals surface area contributed by atoms with Crippen molar-refractivity contribution in [1.82, 2.24) is 15.0 Å². The van der Waals surface area contributed by atoms with Crippen molar-refractivity contribution in [2.24, 2.45) is 0 Å². The summed E-state index contributed by atoms with van der Waals surface area (Å²) in [4.78, 5) is 28.5. The lowest BCUT2D eigenvalue weighted by molar-refractivity contribution is -0.117. The summed E-state index contributed by atoms with van der Waals surface area (Å²) in [5.41, 5.74) is 2.28.